The second-order valence-electron chi connectivity index (χ2n) is 5.47. The molecule has 0 saturated carbocycles. The van der Waals surface area contributed by atoms with Gasteiger partial charge >= 0.3 is 5.91 Å². The fourth-order valence-electron chi connectivity index (χ4n) is 2.68. The number of para-hydroxylation sites is 1. The number of carbonyl (C=O) groups is 1. The lowest BCUT2D eigenvalue weighted by molar-refractivity contribution is 0.0973. The number of halogens is 2. The number of carbonyl (C=O) groups excluding carboxylic acids is 1. The molecule has 0 radical (unpaired) electrons. The minimum atomic E-state index is -0.760. The van der Waals surface area contributed by atoms with Crippen LogP contribution in [0.4, 0.5) is 8.78 Å². The van der Waals surface area contributed by atoms with Crippen molar-refractivity contribution in [1.29, 1.82) is 0 Å². The van der Waals surface area contributed by atoms with Crippen LogP contribution in [-0.2, 0) is 6.54 Å². The number of hydrogen-bond donors (Lipinski definition) is 0. The molecule has 0 saturated heterocycles. The number of thiazole rings is 1. The summed E-state index contributed by atoms with van der Waals surface area (Å²) in [6.45, 7) is -0.00516. The van der Waals surface area contributed by atoms with Crippen molar-refractivity contribution in [2.24, 2.45) is 4.99 Å². The van der Waals surface area contributed by atoms with Crippen molar-refractivity contribution < 1.29 is 18.0 Å². The summed E-state index contributed by atoms with van der Waals surface area (Å²) >= 11 is 0.980. The summed E-state index contributed by atoms with van der Waals surface area (Å²) in [4.78, 5) is 16.7. The normalized spacial score (nSPS) is 12.0. The number of terminal acetylenes is 1. The first-order chi connectivity index (χ1) is 12.6. The van der Waals surface area contributed by atoms with E-state index in [4.69, 9.17) is 10.8 Å². The summed E-state index contributed by atoms with van der Waals surface area (Å²) in [5.74, 6) is 0.357. The van der Waals surface area contributed by atoms with Gasteiger partial charge in [0.2, 0.25) is 0 Å². The van der Waals surface area contributed by atoms with E-state index in [0.717, 1.165) is 22.8 Å². The standard InChI is InChI=1S/C19H10F2N2O2S/c1-2-7-23-17-13(21)9-12(20)10-16(17)26-19(23)22-18(24)15-8-11-5-3-4-6-14(11)25-15/h1,3-6,8-10H,7H2. The maximum atomic E-state index is 14.2. The summed E-state index contributed by atoms with van der Waals surface area (Å²) in [5.41, 5.74) is 0.678. The molecule has 0 fully saturated rings. The quantitative estimate of drug-likeness (QED) is 0.500. The van der Waals surface area contributed by atoms with Crippen LogP contribution < -0.4 is 4.80 Å². The fourth-order valence-corrected chi connectivity index (χ4v) is 3.75. The highest BCUT2D eigenvalue weighted by molar-refractivity contribution is 7.16. The summed E-state index contributed by atoms with van der Waals surface area (Å²) < 4.78 is 34.8. The van der Waals surface area contributed by atoms with E-state index < -0.39 is 17.5 Å². The highest BCUT2D eigenvalue weighted by atomic mass is 32.1. The Kier molecular flexibility index (Phi) is 3.90. The lowest BCUT2D eigenvalue weighted by Crippen LogP contribution is -2.16. The average Bonchev–Trinajstić information content (AvgIpc) is 3.17. The molecule has 128 valence electrons. The first-order valence-electron chi connectivity index (χ1n) is 7.56. The van der Waals surface area contributed by atoms with Gasteiger partial charge < -0.3 is 8.98 Å². The Bertz CT molecular complexity index is 1240. The molecule has 2 aromatic carbocycles. The van der Waals surface area contributed by atoms with Gasteiger partial charge in [-0.05, 0) is 18.2 Å². The molecule has 26 heavy (non-hydrogen) atoms. The van der Waals surface area contributed by atoms with Crippen molar-refractivity contribution in [2.45, 2.75) is 6.54 Å². The van der Waals surface area contributed by atoms with E-state index in [1.54, 1.807) is 18.2 Å². The monoisotopic (exact) mass is 368 g/mol. The van der Waals surface area contributed by atoms with E-state index in [1.807, 2.05) is 12.1 Å². The van der Waals surface area contributed by atoms with Gasteiger partial charge in [-0.2, -0.15) is 4.99 Å². The highest BCUT2D eigenvalue weighted by Gasteiger charge is 2.15. The number of aromatic nitrogens is 1. The molecular weight excluding hydrogens is 358 g/mol. The van der Waals surface area contributed by atoms with Crippen LogP contribution in [0.1, 0.15) is 10.6 Å². The second-order valence-corrected chi connectivity index (χ2v) is 6.48. The zero-order valence-corrected chi connectivity index (χ0v) is 14.0. The van der Waals surface area contributed by atoms with Crippen molar-refractivity contribution in [3.63, 3.8) is 0 Å². The van der Waals surface area contributed by atoms with Gasteiger partial charge in [-0.1, -0.05) is 35.5 Å². The number of benzene rings is 2. The summed E-state index contributed by atoms with van der Waals surface area (Å²) in [6.07, 6.45) is 5.34. The third kappa shape index (κ3) is 2.70. The maximum Gasteiger partial charge on any atom is 0.315 e. The molecule has 0 atom stereocenters. The second kappa shape index (κ2) is 6.24. The molecule has 1 amide bonds. The summed E-state index contributed by atoms with van der Waals surface area (Å²) in [7, 11) is 0. The van der Waals surface area contributed by atoms with E-state index in [1.165, 1.54) is 10.6 Å². The van der Waals surface area contributed by atoms with Gasteiger partial charge in [-0.3, -0.25) is 4.79 Å². The molecule has 0 aliphatic carbocycles. The zero-order valence-electron chi connectivity index (χ0n) is 13.2. The number of hydrogen-bond acceptors (Lipinski definition) is 3. The largest absolute Gasteiger partial charge is 0.451 e. The van der Waals surface area contributed by atoms with Crippen LogP contribution in [0.3, 0.4) is 0 Å². The highest BCUT2D eigenvalue weighted by Crippen LogP contribution is 2.23. The van der Waals surface area contributed by atoms with Gasteiger partial charge in [-0.15, -0.1) is 6.42 Å². The van der Waals surface area contributed by atoms with Gasteiger partial charge in [0.1, 0.15) is 11.4 Å². The van der Waals surface area contributed by atoms with Crippen LogP contribution in [0.2, 0.25) is 0 Å². The van der Waals surface area contributed by atoms with E-state index in [2.05, 4.69) is 10.9 Å². The lowest BCUT2D eigenvalue weighted by atomic mass is 10.2. The fraction of sp³-hybridized carbons (Fsp3) is 0.0526. The molecule has 2 aromatic heterocycles. The molecule has 0 aliphatic rings. The van der Waals surface area contributed by atoms with Gasteiger partial charge in [-0.25, -0.2) is 8.78 Å². The van der Waals surface area contributed by atoms with Crippen LogP contribution in [0.5, 0.6) is 0 Å². The average molecular weight is 368 g/mol. The van der Waals surface area contributed by atoms with Crippen LogP contribution in [-0.4, -0.2) is 10.5 Å². The van der Waals surface area contributed by atoms with E-state index in [0.29, 0.717) is 10.3 Å². The number of rotatable bonds is 2. The van der Waals surface area contributed by atoms with Crippen molar-refractivity contribution in [3.8, 4) is 12.3 Å². The number of amides is 1. The van der Waals surface area contributed by atoms with Crippen LogP contribution in [0.15, 0.2) is 51.9 Å². The third-order valence-corrected chi connectivity index (χ3v) is 4.80. The maximum absolute atomic E-state index is 14.2. The van der Waals surface area contributed by atoms with Crippen molar-refractivity contribution in [2.75, 3.05) is 0 Å². The van der Waals surface area contributed by atoms with E-state index >= 15 is 0 Å². The number of fused-ring (bicyclic) bond motifs is 2. The number of nitrogens with zero attached hydrogens (tertiary/aromatic N) is 2. The Morgan fingerprint density at radius 1 is 1.27 bits per heavy atom. The molecule has 2 heterocycles. The van der Waals surface area contributed by atoms with Gasteiger partial charge in [0.15, 0.2) is 16.4 Å². The molecule has 0 N–H and O–H groups in total. The van der Waals surface area contributed by atoms with Crippen LogP contribution in [0, 0.1) is 24.0 Å². The third-order valence-electron chi connectivity index (χ3n) is 3.78. The zero-order chi connectivity index (χ0) is 18.3. The van der Waals surface area contributed by atoms with Crippen LogP contribution in [0.25, 0.3) is 21.2 Å². The Balaban J connectivity index is 1.89. The van der Waals surface area contributed by atoms with Crippen molar-refractivity contribution in [3.05, 3.63) is 64.7 Å². The van der Waals surface area contributed by atoms with Crippen LogP contribution >= 0.6 is 11.3 Å². The molecule has 0 unspecified atom stereocenters. The Morgan fingerprint density at radius 2 is 2.08 bits per heavy atom. The minimum Gasteiger partial charge on any atom is -0.451 e. The molecule has 4 nitrogen and oxygen atoms in total. The Hall–Kier alpha value is -3.24. The molecule has 4 aromatic rings. The molecule has 0 spiro atoms. The predicted octanol–water partition coefficient (Wildman–Crippen LogP) is 4.10. The van der Waals surface area contributed by atoms with Crippen molar-refractivity contribution in [1.82, 2.24) is 4.57 Å². The SMILES string of the molecule is C#CCn1c(=NC(=O)c2cc3ccccc3o2)sc2cc(F)cc(F)c21. The first-order valence-corrected chi connectivity index (χ1v) is 8.38. The Labute approximate surface area is 150 Å². The van der Waals surface area contributed by atoms with Gasteiger partial charge in [0.05, 0.1) is 16.8 Å². The van der Waals surface area contributed by atoms with E-state index in [-0.39, 0.29) is 22.6 Å². The molecular formula is C19H10F2N2O2S. The number of furan rings is 1. The molecule has 0 aliphatic heterocycles. The minimum absolute atomic E-state index is 0.00516. The predicted molar refractivity (Wildman–Crippen MR) is 94.7 cm³/mol. The summed E-state index contributed by atoms with van der Waals surface area (Å²) in [6, 6.07) is 10.7. The molecule has 4 rings (SSSR count). The first kappa shape index (κ1) is 16.2. The van der Waals surface area contributed by atoms with Crippen molar-refractivity contribution >= 4 is 38.4 Å². The Morgan fingerprint density at radius 3 is 2.85 bits per heavy atom. The topological polar surface area (TPSA) is 47.5 Å². The smallest absolute Gasteiger partial charge is 0.315 e. The lowest BCUT2D eigenvalue weighted by Gasteiger charge is -2.00. The molecule has 0 bridgehead atoms. The van der Waals surface area contributed by atoms with E-state index in [9.17, 15) is 13.6 Å². The van der Waals surface area contributed by atoms with Gasteiger partial charge in [0.25, 0.3) is 0 Å². The molecule has 7 heteroatoms. The summed E-state index contributed by atoms with van der Waals surface area (Å²) in [5, 5.41) is 0.770. The van der Waals surface area contributed by atoms with Gasteiger partial charge in [0, 0.05) is 11.5 Å².